The monoisotopic (exact) mass is 577 g/mol. The van der Waals surface area contributed by atoms with E-state index in [-0.39, 0.29) is 11.8 Å². The lowest BCUT2D eigenvalue weighted by atomic mass is 10.0. The fraction of sp³-hybridized carbons (Fsp3) is 0.147. The number of fused-ring (bicyclic) bond motifs is 1. The van der Waals surface area contributed by atoms with Gasteiger partial charge in [-0.05, 0) is 66.6 Å². The van der Waals surface area contributed by atoms with Crippen molar-refractivity contribution in [3.05, 3.63) is 129 Å². The van der Waals surface area contributed by atoms with E-state index in [4.69, 9.17) is 16.0 Å². The molecule has 0 aliphatic carbocycles. The molecule has 0 spiro atoms. The van der Waals surface area contributed by atoms with Crippen molar-refractivity contribution in [2.75, 3.05) is 36.4 Å². The van der Waals surface area contributed by atoms with Crippen LogP contribution in [0.1, 0.15) is 26.3 Å². The summed E-state index contributed by atoms with van der Waals surface area (Å²) < 4.78 is 5.47. The molecule has 1 saturated heterocycles. The third-order valence-corrected chi connectivity index (χ3v) is 7.87. The number of hydrogen-bond donors (Lipinski definition) is 1. The average Bonchev–Trinajstić information content (AvgIpc) is 3.01. The second-order valence-electron chi connectivity index (χ2n) is 10.3. The van der Waals surface area contributed by atoms with Gasteiger partial charge in [-0.15, -0.1) is 0 Å². The Hall–Kier alpha value is -4.88. The maximum absolute atomic E-state index is 13.1. The number of carbonyl (C=O) groups excluding carboxylic acids is 2. The summed E-state index contributed by atoms with van der Waals surface area (Å²) in [5.74, 6) is -0.281. The van der Waals surface area contributed by atoms with E-state index in [1.165, 1.54) is 0 Å². The van der Waals surface area contributed by atoms with Gasteiger partial charge in [-0.25, -0.2) is 4.79 Å². The smallest absolute Gasteiger partial charge is 0.344 e. The first-order valence-electron chi connectivity index (χ1n) is 13.7. The minimum absolute atomic E-state index is 0.0439. The zero-order chi connectivity index (χ0) is 29.2. The van der Waals surface area contributed by atoms with E-state index in [1.54, 1.807) is 42.5 Å². The number of amides is 2. The molecule has 0 atom stereocenters. The van der Waals surface area contributed by atoms with Crippen LogP contribution in [-0.4, -0.2) is 42.9 Å². The van der Waals surface area contributed by atoms with E-state index in [1.807, 2.05) is 66.4 Å². The van der Waals surface area contributed by atoms with E-state index in [0.29, 0.717) is 59.2 Å². The van der Waals surface area contributed by atoms with E-state index in [0.717, 1.165) is 22.2 Å². The Morgan fingerprint density at radius 3 is 2.38 bits per heavy atom. The topological polar surface area (TPSA) is 82.9 Å². The second-order valence-corrected chi connectivity index (χ2v) is 10.7. The third kappa shape index (κ3) is 5.51. The van der Waals surface area contributed by atoms with Crippen LogP contribution in [0.2, 0.25) is 5.02 Å². The first-order valence-corrected chi connectivity index (χ1v) is 14.1. The van der Waals surface area contributed by atoms with Crippen LogP contribution >= 0.6 is 11.6 Å². The van der Waals surface area contributed by atoms with Crippen LogP contribution in [0.25, 0.3) is 22.1 Å². The van der Waals surface area contributed by atoms with Gasteiger partial charge in [0.05, 0.1) is 16.3 Å². The number of rotatable bonds is 5. The number of piperazine rings is 1. The molecule has 2 amide bonds. The normalized spacial score (nSPS) is 13.3. The maximum atomic E-state index is 13.1. The van der Waals surface area contributed by atoms with Crippen molar-refractivity contribution in [2.45, 2.75) is 6.92 Å². The lowest BCUT2D eigenvalue weighted by Crippen LogP contribution is -2.49. The Balaban J connectivity index is 1.13. The van der Waals surface area contributed by atoms with Crippen LogP contribution in [0, 0.1) is 6.92 Å². The van der Waals surface area contributed by atoms with Crippen LogP contribution in [0.3, 0.4) is 0 Å². The maximum Gasteiger partial charge on any atom is 0.344 e. The van der Waals surface area contributed by atoms with Crippen molar-refractivity contribution in [1.29, 1.82) is 0 Å². The van der Waals surface area contributed by atoms with Crippen molar-refractivity contribution in [3.8, 4) is 11.1 Å². The molecule has 0 unspecified atom stereocenters. The first-order chi connectivity index (χ1) is 20.4. The number of nitrogens with zero attached hydrogens (tertiary/aromatic N) is 2. The summed E-state index contributed by atoms with van der Waals surface area (Å²) in [5.41, 5.74) is 4.53. The molecule has 1 aliphatic rings. The van der Waals surface area contributed by atoms with Crippen molar-refractivity contribution in [2.24, 2.45) is 0 Å². The number of halogens is 1. The van der Waals surface area contributed by atoms with Gasteiger partial charge in [0.25, 0.3) is 11.8 Å². The van der Waals surface area contributed by atoms with Crippen molar-refractivity contribution >= 4 is 45.8 Å². The van der Waals surface area contributed by atoms with Crippen LogP contribution in [-0.2, 0) is 0 Å². The number of hydrogen-bond acceptors (Lipinski definition) is 5. The molecule has 5 aromatic rings. The highest BCUT2D eigenvalue weighted by atomic mass is 35.5. The molecule has 0 bridgehead atoms. The summed E-state index contributed by atoms with van der Waals surface area (Å²) >= 11 is 6.66. The molecule has 1 N–H and O–H groups in total. The zero-order valence-corrected chi connectivity index (χ0v) is 23.7. The van der Waals surface area contributed by atoms with Gasteiger partial charge in [0.15, 0.2) is 0 Å². The molecule has 6 rings (SSSR count). The van der Waals surface area contributed by atoms with Gasteiger partial charge in [0, 0.05) is 48.4 Å². The molecule has 0 radical (unpaired) electrons. The number of nitrogens with one attached hydrogen (secondary N) is 1. The number of para-hydroxylation sites is 1. The van der Waals surface area contributed by atoms with Gasteiger partial charge in [-0.2, -0.15) is 0 Å². The van der Waals surface area contributed by atoms with Crippen molar-refractivity contribution in [1.82, 2.24) is 4.90 Å². The summed E-state index contributed by atoms with van der Waals surface area (Å²) in [6, 6.07) is 29.0. The summed E-state index contributed by atoms with van der Waals surface area (Å²) in [6.45, 7) is 4.43. The van der Waals surface area contributed by atoms with Gasteiger partial charge in [-0.1, -0.05) is 60.1 Å². The van der Waals surface area contributed by atoms with Crippen LogP contribution in [0.15, 0.2) is 106 Å². The van der Waals surface area contributed by atoms with Crippen LogP contribution < -0.4 is 15.8 Å². The Morgan fingerprint density at radius 1 is 0.833 bits per heavy atom. The fourth-order valence-electron chi connectivity index (χ4n) is 5.27. The number of aryl methyl sites for hydroxylation is 1. The Labute approximate surface area is 247 Å². The number of benzene rings is 4. The molecular formula is C34H28ClN3O4. The van der Waals surface area contributed by atoms with Crippen LogP contribution in [0.5, 0.6) is 0 Å². The highest BCUT2D eigenvalue weighted by molar-refractivity contribution is 6.33. The largest absolute Gasteiger partial charge is 0.422 e. The third-order valence-electron chi connectivity index (χ3n) is 7.57. The Kier molecular flexibility index (Phi) is 7.50. The van der Waals surface area contributed by atoms with E-state index >= 15 is 0 Å². The molecule has 1 aliphatic heterocycles. The summed E-state index contributed by atoms with van der Waals surface area (Å²) in [4.78, 5) is 42.8. The van der Waals surface area contributed by atoms with Gasteiger partial charge in [0.2, 0.25) is 0 Å². The average molecular weight is 578 g/mol. The molecule has 210 valence electrons. The predicted octanol–water partition coefficient (Wildman–Crippen LogP) is 6.64. The molecule has 42 heavy (non-hydrogen) atoms. The molecular weight excluding hydrogens is 550 g/mol. The number of anilines is 2. The quantitative estimate of drug-likeness (QED) is 0.237. The van der Waals surface area contributed by atoms with Crippen molar-refractivity contribution < 1.29 is 14.0 Å². The fourth-order valence-corrected chi connectivity index (χ4v) is 5.57. The van der Waals surface area contributed by atoms with Gasteiger partial charge < -0.3 is 19.5 Å². The minimum atomic E-state index is -0.464. The number of carbonyl (C=O) groups is 2. The molecule has 1 aromatic heterocycles. The first kappa shape index (κ1) is 27.3. The molecule has 7 nitrogen and oxygen atoms in total. The lowest BCUT2D eigenvalue weighted by molar-refractivity contribution is 0.0746. The van der Waals surface area contributed by atoms with E-state index < -0.39 is 5.63 Å². The molecule has 0 saturated carbocycles. The minimum Gasteiger partial charge on any atom is -0.422 e. The molecule has 2 heterocycles. The lowest BCUT2D eigenvalue weighted by Gasteiger charge is -2.36. The van der Waals surface area contributed by atoms with E-state index in [9.17, 15) is 14.4 Å². The predicted molar refractivity (Wildman–Crippen MR) is 167 cm³/mol. The van der Waals surface area contributed by atoms with Gasteiger partial charge >= 0.3 is 5.63 Å². The summed E-state index contributed by atoms with van der Waals surface area (Å²) in [5, 5.41) is 4.21. The Bertz CT molecular complexity index is 1880. The van der Waals surface area contributed by atoms with Gasteiger partial charge in [-0.3, -0.25) is 9.59 Å². The van der Waals surface area contributed by atoms with Gasteiger partial charge in [0.1, 0.15) is 5.58 Å². The SMILES string of the molecule is Cc1ccccc1C(=O)N1CCN(c2ccc(NC(=O)c3cccc(-c4cc5ccccc5oc4=O)c3)cc2Cl)CC1. The summed E-state index contributed by atoms with van der Waals surface area (Å²) in [7, 11) is 0. The molecule has 8 heteroatoms. The van der Waals surface area contributed by atoms with Crippen LogP contribution in [0.4, 0.5) is 11.4 Å². The Morgan fingerprint density at radius 2 is 1.60 bits per heavy atom. The second kappa shape index (κ2) is 11.5. The summed E-state index contributed by atoms with van der Waals surface area (Å²) in [6.07, 6.45) is 0. The highest BCUT2D eigenvalue weighted by Gasteiger charge is 2.24. The van der Waals surface area contributed by atoms with E-state index in [2.05, 4.69) is 10.2 Å². The molecule has 1 fully saturated rings. The zero-order valence-electron chi connectivity index (χ0n) is 23.0. The standard InChI is InChI=1S/C34H28ClN3O4/c1-22-7-2-4-11-27(22)33(40)38-17-15-37(16-18-38)30-14-13-26(21-29(30)35)36-32(39)25-10-6-9-23(19-25)28-20-24-8-3-5-12-31(24)42-34(28)41/h2-14,19-21H,15-18H2,1H3,(H,36,39). The van der Waals surface area contributed by atoms with Crippen molar-refractivity contribution in [3.63, 3.8) is 0 Å². The highest BCUT2D eigenvalue weighted by Crippen LogP contribution is 2.30. The molecule has 4 aromatic carbocycles.